The van der Waals surface area contributed by atoms with Crippen molar-refractivity contribution < 1.29 is 9.18 Å². The van der Waals surface area contributed by atoms with E-state index in [2.05, 4.69) is 0 Å². The van der Waals surface area contributed by atoms with Gasteiger partial charge in [-0.3, -0.25) is 4.79 Å². The van der Waals surface area contributed by atoms with E-state index in [-0.39, 0.29) is 42.6 Å². The van der Waals surface area contributed by atoms with Gasteiger partial charge in [0, 0.05) is 19.5 Å². The second kappa shape index (κ2) is 8.65. The predicted octanol–water partition coefficient (Wildman–Crippen LogP) is 3.86. The molecule has 2 atom stereocenters. The monoisotopic (exact) mass is 336 g/mol. The van der Waals surface area contributed by atoms with Crippen LogP contribution < -0.4 is 5.73 Å². The Morgan fingerprint density at radius 2 is 1.65 bits per heavy atom. The summed E-state index contributed by atoms with van der Waals surface area (Å²) in [5, 5.41) is 0. The average molecular weight is 337 g/mol. The van der Waals surface area contributed by atoms with E-state index in [4.69, 9.17) is 5.73 Å². The second-order valence-electron chi connectivity index (χ2n) is 5.45. The van der Waals surface area contributed by atoms with Gasteiger partial charge in [-0.25, -0.2) is 4.39 Å². The van der Waals surface area contributed by atoms with E-state index < -0.39 is 0 Å². The summed E-state index contributed by atoms with van der Waals surface area (Å²) < 4.78 is 13.0. The Labute approximate surface area is 142 Å². The molecule has 2 unspecified atom stereocenters. The molecular weight excluding hydrogens is 315 g/mol. The number of carbonyl (C=O) groups is 1. The molecule has 124 valence electrons. The van der Waals surface area contributed by atoms with Gasteiger partial charge in [0.2, 0.25) is 5.91 Å². The van der Waals surface area contributed by atoms with E-state index in [9.17, 15) is 9.18 Å². The first-order chi connectivity index (χ1) is 10.5. The quantitative estimate of drug-likeness (QED) is 0.901. The van der Waals surface area contributed by atoms with Gasteiger partial charge in [0.05, 0.1) is 6.04 Å². The van der Waals surface area contributed by atoms with Crippen LogP contribution in [0.5, 0.6) is 0 Å². The topological polar surface area (TPSA) is 46.3 Å². The molecule has 0 spiro atoms. The predicted molar refractivity (Wildman–Crippen MR) is 92.8 cm³/mol. The molecular formula is C18H22ClFN2O. The summed E-state index contributed by atoms with van der Waals surface area (Å²) in [5.74, 6) is -0.316. The summed E-state index contributed by atoms with van der Waals surface area (Å²) in [5.41, 5.74) is 7.93. The summed E-state index contributed by atoms with van der Waals surface area (Å²) in [6.45, 7) is 1.92. The van der Waals surface area contributed by atoms with E-state index in [0.29, 0.717) is 0 Å². The first-order valence-electron chi connectivity index (χ1n) is 7.30. The number of hydrogen-bond donors (Lipinski definition) is 1. The van der Waals surface area contributed by atoms with Crippen molar-refractivity contribution >= 4 is 18.3 Å². The Morgan fingerprint density at radius 3 is 2.22 bits per heavy atom. The summed E-state index contributed by atoms with van der Waals surface area (Å²) in [6.07, 6.45) is 0.242. The fourth-order valence-electron chi connectivity index (χ4n) is 2.33. The molecule has 0 saturated carbocycles. The Bertz CT molecular complexity index is 619. The zero-order valence-corrected chi connectivity index (χ0v) is 14.1. The lowest BCUT2D eigenvalue weighted by Gasteiger charge is -2.26. The molecule has 2 N–H and O–H groups in total. The fourth-order valence-corrected chi connectivity index (χ4v) is 2.33. The number of rotatable bonds is 5. The highest BCUT2D eigenvalue weighted by Crippen LogP contribution is 2.22. The molecule has 2 aromatic rings. The molecule has 23 heavy (non-hydrogen) atoms. The zero-order chi connectivity index (χ0) is 16.1. The lowest BCUT2D eigenvalue weighted by atomic mass is 10.0. The Kier molecular flexibility index (Phi) is 7.20. The highest BCUT2D eigenvalue weighted by atomic mass is 35.5. The zero-order valence-electron chi connectivity index (χ0n) is 13.3. The molecule has 0 radical (unpaired) electrons. The number of amides is 1. The SMILES string of the molecule is CC(c1ccc(F)cc1)N(C)C(=O)CC(N)c1ccccc1.Cl. The molecule has 0 fully saturated rings. The molecule has 5 heteroatoms. The molecule has 2 rings (SSSR count). The number of nitrogens with zero attached hydrogens (tertiary/aromatic N) is 1. The molecule has 0 aliphatic carbocycles. The van der Waals surface area contributed by atoms with Crippen molar-refractivity contribution in [3.63, 3.8) is 0 Å². The van der Waals surface area contributed by atoms with Crippen LogP contribution in [-0.2, 0) is 4.79 Å². The fraction of sp³-hybridized carbons (Fsp3) is 0.278. The molecule has 2 aromatic carbocycles. The largest absolute Gasteiger partial charge is 0.339 e. The lowest BCUT2D eigenvalue weighted by Crippen LogP contribution is -2.32. The molecule has 3 nitrogen and oxygen atoms in total. The van der Waals surface area contributed by atoms with Gasteiger partial charge in [0.15, 0.2) is 0 Å². The minimum absolute atomic E-state index is 0. The van der Waals surface area contributed by atoms with Crippen LogP contribution in [0, 0.1) is 5.82 Å². The van der Waals surface area contributed by atoms with Gasteiger partial charge in [0.25, 0.3) is 0 Å². The highest BCUT2D eigenvalue weighted by Gasteiger charge is 2.20. The third kappa shape index (κ3) is 5.05. The van der Waals surface area contributed by atoms with Gasteiger partial charge >= 0.3 is 0 Å². The van der Waals surface area contributed by atoms with Crippen molar-refractivity contribution in [1.29, 1.82) is 0 Å². The van der Waals surface area contributed by atoms with Crippen LogP contribution in [0.15, 0.2) is 54.6 Å². The number of carbonyl (C=O) groups excluding carboxylic acids is 1. The standard InChI is InChI=1S/C18H21FN2O.ClH/c1-13(14-8-10-16(19)11-9-14)21(2)18(22)12-17(20)15-6-4-3-5-7-15;/h3-11,13,17H,12,20H2,1-2H3;1H. The third-order valence-corrected chi connectivity index (χ3v) is 3.95. The van der Waals surface area contributed by atoms with Crippen LogP contribution in [-0.4, -0.2) is 17.9 Å². The second-order valence-corrected chi connectivity index (χ2v) is 5.45. The molecule has 0 aliphatic rings. The first kappa shape index (κ1) is 19.1. The average Bonchev–Trinajstić information content (AvgIpc) is 2.55. The van der Waals surface area contributed by atoms with Crippen LogP contribution >= 0.6 is 12.4 Å². The van der Waals surface area contributed by atoms with Crippen molar-refractivity contribution in [3.8, 4) is 0 Å². The maximum Gasteiger partial charge on any atom is 0.224 e. The summed E-state index contributed by atoms with van der Waals surface area (Å²) in [4.78, 5) is 14.0. The van der Waals surface area contributed by atoms with Crippen LogP contribution in [0.25, 0.3) is 0 Å². The minimum atomic E-state index is -0.323. The van der Waals surface area contributed by atoms with Crippen LogP contribution in [0.3, 0.4) is 0 Å². The van der Waals surface area contributed by atoms with Gasteiger partial charge in [-0.15, -0.1) is 12.4 Å². The van der Waals surface area contributed by atoms with Crippen molar-refractivity contribution in [3.05, 3.63) is 71.5 Å². The summed E-state index contributed by atoms with van der Waals surface area (Å²) in [7, 11) is 1.74. The van der Waals surface area contributed by atoms with E-state index in [0.717, 1.165) is 11.1 Å². The van der Waals surface area contributed by atoms with Gasteiger partial charge in [-0.1, -0.05) is 42.5 Å². The van der Waals surface area contributed by atoms with Crippen molar-refractivity contribution in [1.82, 2.24) is 4.90 Å². The van der Waals surface area contributed by atoms with E-state index in [1.165, 1.54) is 12.1 Å². The van der Waals surface area contributed by atoms with Crippen LogP contribution in [0.4, 0.5) is 4.39 Å². The van der Waals surface area contributed by atoms with Crippen LogP contribution in [0.2, 0.25) is 0 Å². The lowest BCUT2D eigenvalue weighted by molar-refractivity contribution is -0.132. The summed E-state index contributed by atoms with van der Waals surface area (Å²) in [6, 6.07) is 15.3. The maximum atomic E-state index is 13.0. The molecule has 0 heterocycles. The van der Waals surface area contributed by atoms with E-state index in [1.54, 1.807) is 24.1 Å². The van der Waals surface area contributed by atoms with Crippen molar-refractivity contribution in [2.75, 3.05) is 7.05 Å². The Morgan fingerprint density at radius 1 is 1.09 bits per heavy atom. The van der Waals surface area contributed by atoms with Crippen LogP contribution in [0.1, 0.15) is 36.6 Å². The molecule has 0 aromatic heterocycles. The van der Waals surface area contributed by atoms with Gasteiger partial charge < -0.3 is 10.6 Å². The number of nitrogens with two attached hydrogens (primary N) is 1. The maximum absolute atomic E-state index is 13.0. The van der Waals surface area contributed by atoms with Gasteiger partial charge in [-0.05, 0) is 30.2 Å². The Balaban J connectivity index is 0.00000264. The highest BCUT2D eigenvalue weighted by molar-refractivity contribution is 5.85. The van der Waals surface area contributed by atoms with E-state index in [1.807, 2.05) is 37.3 Å². The number of hydrogen-bond acceptors (Lipinski definition) is 2. The number of halogens is 2. The molecule has 0 aliphatic heterocycles. The van der Waals surface area contributed by atoms with Crippen molar-refractivity contribution in [2.45, 2.75) is 25.4 Å². The smallest absolute Gasteiger partial charge is 0.224 e. The van der Waals surface area contributed by atoms with Gasteiger partial charge in [0.1, 0.15) is 5.82 Å². The van der Waals surface area contributed by atoms with Crippen molar-refractivity contribution in [2.24, 2.45) is 5.73 Å². The number of benzene rings is 2. The third-order valence-electron chi connectivity index (χ3n) is 3.95. The molecule has 1 amide bonds. The minimum Gasteiger partial charge on any atom is -0.339 e. The molecule has 0 bridgehead atoms. The first-order valence-corrected chi connectivity index (χ1v) is 7.30. The van der Waals surface area contributed by atoms with Gasteiger partial charge in [-0.2, -0.15) is 0 Å². The summed E-state index contributed by atoms with van der Waals surface area (Å²) >= 11 is 0. The Hall–Kier alpha value is -1.91. The van der Waals surface area contributed by atoms with E-state index >= 15 is 0 Å². The molecule has 0 saturated heterocycles. The normalized spacial score (nSPS) is 12.9.